The summed E-state index contributed by atoms with van der Waals surface area (Å²) in [6, 6.07) is 14.2. The lowest BCUT2D eigenvalue weighted by molar-refractivity contribution is -0.136. The Morgan fingerprint density at radius 2 is 1.05 bits per heavy atom. The highest BCUT2D eigenvalue weighted by Gasteiger charge is 2.31. The Labute approximate surface area is 379 Å². The Morgan fingerprint density at radius 1 is 0.661 bits per heavy atom. The van der Waals surface area contributed by atoms with Crippen LogP contribution in [0.5, 0.6) is 0 Å². The maximum absolute atomic E-state index is 12.5. The second-order valence-electron chi connectivity index (χ2n) is 15.1. The summed E-state index contributed by atoms with van der Waals surface area (Å²) >= 11 is 3.06. The van der Waals surface area contributed by atoms with Crippen LogP contribution in [0.2, 0.25) is 0 Å². The average molecular weight is 930 g/mol. The molecule has 0 spiro atoms. The van der Waals surface area contributed by atoms with Gasteiger partial charge in [-0.05, 0) is 68.8 Å². The highest BCUT2D eigenvalue weighted by atomic mass is 35.5. The number of halogens is 1. The van der Waals surface area contributed by atoms with E-state index in [9.17, 15) is 43.8 Å². The molecule has 0 aliphatic carbocycles. The molecule has 0 aliphatic rings. The molecule has 6 atom stereocenters. The molecule has 0 heterocycles. The van der Waals surface area contributed by atoms with Crippen molar-refractivity contribution in [2.45, 2.75) is 75.6 Å². The van der Waals surface area contributed by atoms with E-state index in [-0.39, 0.29) is 30.8 Å². The van der Waals surface area contributed by atoms with Crippen LogP contribution >= 0.6 is 35.9 Å². The van der Waals surface area contributed by atoms with Crippen LogP contribution in [0.15, 0.2) is 60.7 Å². The summed E-state index contributed by atoms with van der Waals surface area (Å²) in [6.45, 7) is 4.29. The van der Waals surface area contributed by atoms with Gasteiger partial charge in [0, 0.05) is 34.2 Å². The number of likely N-dealkylation sites (N-methyl/N-ethyl adjacent to an activating group) is 2. The summed E-state index contributed by atoms with van der Waals surface area (Å²) in [4.78, 5) is 88.9. The van der Waals surface area contributed by atoms with Gasteiger partial charge in [0.25, 0.3) is 11.8 Å². The summed E-state index contributed by atoms with van der Waals surface area (Å²) < 4.78 is 5.20. The van der Waals surface area contributed by atoms with Crippen molar-refractivity contribution in [1.29, 1.82) is 0 Å². The third-order valence-corrected chi connectivity index (χ3v) is 9.70. The first-order valence-electron chi connectivity index (χ1n) is 19.4. The van der Waals surface area contributed by atoms with Crippen LogP contribution < -0.4 is 32.3 Å². The van der Waals surface area contributed by atoms with Crippen LogP contribution in [-0.4, -0.2) is 157 Å². The minimum absolute atomic E-state index is 0. The molecule has 2 aromatic carbocycles. The number of aliphatic hydroxyl groups excluding tert-OH is 2. The molecule has 0 fully saturated rings. The maximum atomic E-state index is 12.5. The molecule has 0 radical (unpaired) electrons. The van der Waals surface area contributed by atoms with E-state index in [4.69, 9.17) is 10.5 Å². The van der Waals surface area contributed by atoms with Gasteiger partial charge < -0.3 is 57.1 Å². The van der Waals surface area contributed by atoms with E-state index in [1.54, 1.807) is 115 Å². The first-order chi connectivity index (χ1) is 28.6. The fraction of sp³-hybridized carbons (Fsp3) is 0.537. The van der Waals surface area contributed by atoms with Crippen molar-refractivity contribution in [2.75, 3.05) is 65.3 Å². The Balaban J connectivity index is 0.00000121. The van der Waals surface area contributed by atoms with Gasteiger partial charge in [0.1, 0.15) is 23.8 Å². The number of benzene rings is 2. The normalized spacial score (nSPS) is 13.6. The first kappa shape index (κ1) is 57.4. The molecule has 0 bridgehead atoms. The molecule has 18 nitrogen and oxygen atoms in total. The summed E-state index contributed by atoms with van der Waals surface area (Å²) in [6.07, 6.45) is 0.820. The molecule has 348 valence electrons. The largest absolute Gasteiger partial charge is 0.444 e. The van der Waals surface area contributed by atoms with Gasteiger partial charge in [0.2, 0.25) is 23.6 Å². The Morgan fingerprint density at radius 3 is 1.42 bits per heavy atom. The molecule has 4 unspecified atom stereocenters. The molecule has 62 heavy (non-hydrogen) atoms. The third kappa shape index (κ3) is 22.0. The zero-order chi connectivity index (χ0) is 46.3. The van der Waals surface area contributed by atoms with Gasteiger partial charge in [-0.3, -0.25) is 28.8 Å². The quantitative estimate of drug-likeness (QED) is 0.0870. The molecular formula is C41H65ClN8O10S2. The number of rotatable bonds is 21. The smallest absolute Gasteiger partial charge is 0.407 e. The van der Waals surface area contributed by atoms with Crippen molar-refractivity contribution >= 4 is 77.5 Å². The average Bonchev–Trinajstić information content (AvgIpc) is 3.22. The molecule has 0 saturated heterocycles. The van der Waals surface area contributed by atoms with Crippen LogP contribution in [0.4, 0.5) is 4.79 Å². The van der Waals surface area contributed by atoms with Crippen LogP contribution in [0, 0.1) is 0 Å². The zero-order valence-electron chi connectivity index (χ0n) is 36.8. The summed E-state index contributed by atoms with van der Waals surface area (Å²) in [7, 11) is 6.35. The number of hydrogen-bond donors (Lipinski definition) is 8. The molecule has 2 aromatic rings. The second-order valence-corrected chi connectivity index (χ2v) is 17.1. The van der Waals surface area contributed by atoms with Gasteiger partial charge in [-0.1, -0.05) is 60.7 Å². The Kier molecular flexibility index (Phi) is 27.5. The van der Waals surface area contributed by atoms with Gasteiger partial charge in [0.05, 0.1) is 19.1 Å². The predicted molar refractivity (Wildman–Crippen MR) is 244 cm³/mol. The van der Waals surface area contributed by atoms with Gasteiger partial charge in [-0.15, -0.1) is 12.4 Å². The first-order valence-corrected chi connectivity index (χ1v) is 22.2. The zero-order valence-corrected chi connectivity index (χ0v) is 39.3. The molecule has 21 heteroatoms. The minimum Gasteiger partial charge on any atom is -0.444 e. The maximum Gasteiger partial charge on any atom is 0.407 e. The van der Waals surface area contributed by atoms with E-state index in [0.29, 0.717) is 29.7 Å². The number of ether oxygens (including phenoxy) is 1. The van der Waals surface area contributed by atoms with Gasteiger partial charge in [0.15, 0.2) is 6.10 Å². The predicted octanol–water partition coefficient (Wildman–Crippen LogP) is 0.967. The fourth-order valence-corrected chi connectivity index (χ4v) is 6.15. The van der Waals surface area contributed by atoms with Crippen molar-refractivity contribution < 1.29 is 48.5 Å². The van der Waals surface area contributed by atoms with Crippen LogP contribution in [0.25, 0.3) is 0 Å². The number of amides is 7. The van der Waals surface area contributed by atoms with Crippen molar-refractivity contribution in [3.63, 3.8) is 0 Å². The SMILES string of the molecule is CSCCC(N)C(O)C(=O)NCC(=O)N[C@H](C(=O)N(C)C)c1ccccc1.CSCCC(NC(=O)OC(C)(C)C)C(O)C(=O)NCC(=O)N[C@H](C(=O)N(C)C)c1ccccc1.Cl. The third-order valence-electron chi connectivity index (χ3n) is 8.41. The van der Waals surface area contributed by atoms with Gasteiger partial charge >= 0.3 is 6.09 Å². The van der Waals surface area contributed by atoms with E-state index in [2.05, 4.69) is 26.6 Å². The van der Waals surface area contributed by atoms with Gasteiger partial charge in [-0.2, -0.15) is 23.5 Å². The van der Waals surface area contributed by atoms with Crippen molar-refractivity contribution in [2.24, 2.45) is 5.73 Å². The summed E-state index contributed by atoms with van der Waals surface area (Å²) in [5, 5.41) is 32.9. The number of nitrogens with two attached hydrogens (primary N) is 1. The lowest BCUT2D eigenvalue weighted by Crippen LogP contribution is -2.53. The summed E-state index contributed by atoms with van der Waals surface area (Å²) in [5.41, 5.74) is 6.26. The van der Waals surface area contributed by atoms with E-state index in [1.165, 1.54) is 21.6 Å². The number of carbonyl (C=O) groups is 7. The summed E-state index contributed by atoms with van der Waals surface area (Å²) in [5.74, 6) is -2.01. The molecule has 7 amide bonds. The number of carbonyl (C=O) groups excluding carboxylic acids is 7. The van der Waals surface area contributed by atoms with E-state index in [1.807, 2.05) is 18.6 Å². The minimum atomic E-state index is -1.60. The van der Waals surface area contributed by atoms with Crippen LogP contribution in [0.3, 0.4) is 0 Å². The number of nitrogens with zero attached hydrogens (tertiary/aromatic N) is 2. The molecule has 0 aromatic heterocycles. The fourth-order valence-electron chi connectivity index (χ4n) is 5.15. The van der Waals surface area contributed by atoms with Crippen LogP contribution in [-0.2, 0) is 33.5 Å². The molecular weight excluding hydrogens is 864 g/mol. The number of hydrogen-bond acceptors (Lipinski definition) is 13. The lowest BCUT2D eigenvalue weighted by atomic mass is 10.1. The number of thioether (sulfide) groups is 2. The standard InChI is InChI=1S/C23H36N4O6S.C18H28N4O4S.ClH/c1-23(2,3)33-22(32)25-16(12-13-34-6)19(29)20(30)24-14-17(28)26-18(21(31)27(4)5)15-10-8-7-9-11-15;1-22(2)18(26)15(12-7-5-4-6-8-12)21-14(23)11-20-17(25)16(24)13(19)9-10-27-3;/h7-11,16,18-19,29H,12-14H2,1-6H3,(H,24,30)(H,25,32)(H,26,28);4-8,13,15-16,24H,9-11,19H2,1-3H3,(H,20,25)(H,21,23);1H/t16?,18-,19?;13?,15-,16?;/m00./s1. The van der Waals surface area contributed by atoms with Gasteiger partial charge in [-0.25, -0.2) is 4.79 Å². The van der Waals surface area contributed by atoms with Crippen molar-refractivity contribution in [1.82, 2.24) is 36.4 Å². The van der Waals surface area contributed by atoms with E-state index in [0.717, 1.165) is 5.75 Å². The molecule has 2 rings (SSSR count). The van der Waals surface area contributed by atoms with Crippen molar-refractivity contribution in [3.8, 4) is 0 Å². The number of nitrogens with one attached hydrogen (secondary N) is 5. The van der Waals surface area contributed by atoms with E-state index < -0.39 is 78.2 Å². The second kappa shape index (κ2) is 29.7. The van der Waals surface area contributed by atoms with Crippen molar-refractivity contribution in [3.05, 3.63) is 71.8 Å². The molecule has 0 saturated carbocycles. The number of alkyl carbamates (subject to hydrolysis) is 1. The van der Waals surface area contributed by atoms with Crippen LogP contribution in [0.1, 0.15) is 56.8 Å². The molecule has 9 N–H and O–H groups in total. The highest BCUT2D eigenvalue weighted by molar-refractivity contribution is 7.98. The Bertz CT molecular complexity index is 1710. The lowest BCUT2D eigenvalue weighted by Gasteiger charge is -2.26. The molecule has 0 aliphatic heterocycles. The Hall–Kier alpha value is -4.60. The number of aliphatic hydroxyl groups is 2. The topological polar surface area (TPSA) is 262 Å². The van der Waals surface area contributed by atoms with E-state index >= 15 is 0 Å². The highest BCUT2D eigenvalue weighted by Crippen LogP contribution is 2.16. The monoisotopic (exact) mass is 928 g/mol.